The number of nitrogens with one attached hydrogen (secondary N) is 2. The van der Waals surface area contributed by atoms with Crippen molar-refractivity contribution in [1.82, 2.24) is 10.9 Å². The summed E-state index contributed by atoms with van der Waals surface area (Å²) in [4.78, 5) is 21.6. The standard InChI is InChI=1S/C9H8F3N3O3/c10-9(11,12)18-6-3-1-5(2-4-6)7(16)14-15-8(13)17/h1-4H,(H,14,16)(H3,13,15,17). The summed E-state index contributed by atoms with van der Waals surface area (Å²) in [5, 5.41) is 0. The average molecular weight is 263 g/mol. The van der Waals surface area contributed by atoms with Crippen molar-refractivity contribution in [3.05, 3.63) is 29.8 Å². The molecule has 0 aliphatic heterocycles. The van der Waals surface area contributed by atoms with Gasteiger partial charge in [0.05, 0.1) is 0 Å². The lowest BCUT2D eigenvalue weighted by molar-refractivity contribution is -0.274. The van der Waals surface area contributed by atoms with Gasteiger partial charge in [0.15, 0.2) is 0 Å². The minimum atomic E-state index is -4.79. The van der Waals surface area contributed by atoms with Crippen LogP contribution < -0.4 is 21.3 Å². The third-order valence-electron chi connectivity index (χ3n) is 1.65. The van der Waals surface area contributed by atoms with Crippen LogP contribution in [0, 0.1) is 0 Å². The number of carbonyl (C=O) groups is 2. The first-order valence-electron chi connectivity index (χ1n) is 4.49. The van der Waals surface area contributed by atoms with E-state index in [1.54, 1.807) is 0 Å². The molecule has 0 fully saturated rings. The lowest BCUT2D eigenvalue weighted by Gasteiger charge is -2.09. The molecule has 3 amide bonds. The minimum Gasteiger partial charge on any atom is -0.406 e. The maximum Gasteiger partial charge on any atom is 0.573 e. The molecule has 1 aromatic rings. The summed E-state index contributed by atoms with van der Waals surface area (Å²) in [5.41, 5.74) is 8.49. The fourth-order valence-electron chi connectivity index (χ4n) is 0.999. The zero-order valence-electron chi connectivity index (χ0n) is 8.75. The predicted molar refractivity (Wildman–Crippen MR) is 53.3 cm³/mol. The van der Waals surface area contributed by atoms with Crippen molar-refractivity contribution >= 4 is 11.9 Å². The third kappa shape index (κ3) is 4.60. The van der Waals surface area contributed by atoms with Crippen LogP contribution in [0.1, 0.15) is 10.4 Å². The van der Waals surface area contributed by atoms with E-state index < -0.39 is 24.1 Å². The van der Waals surface area contributed by atoms with Crippen molar-refractivity contribution in [2.24, 2.45) is 5.73 Å². The zero-order chi connectivity index (χ0) is 13.8. The molecule has 0 aliphatic rings. The Morgan fingerprint density at radius 3 is 2.11 bits per heavy atom. The van der Waals surface area contributed by atoms with Gasteiger partial charge in [0.2, 0.25) is 0 Å². The largest absolute Gasteiger partial charge is 0.573 e. The second-order valence-electron chi connectivity index (χ2n) is 3.02. The van der Waals surface area contributed by atoms with E-state index in [4.69, 9.17) is 5.73 Å². The van der Waals surface area contributed by atoms with E-state index in [2.05, 4.69) is 4.74 Å². The Morgan fingerprint density at radius 2 is 1.67 bits per heavy atom. The quantitative estimate of drug-likeness (QED) is 0.692. The summed E-state index contributed by atoms with van der Waals surface area (Å²) < 4.78 is 39.2. The van der Waals surface area contributed by atoms with Crippen LogP contribution in [-0.2, 0) is 0 Å². The Morgan fingerprint density at radius 1 is 1.11 bits per heavy atom. The molecule has 9 heteroatoms. The van der Waals surface area contributed by atoms with Crippen LogP contribution in [0.25, 0.3) is 0 Å². The SMILES string of the molecule is NC(=O)NNC(=O)c1ccc(OC(F)(F)F)cc1. The maximum atomic E-state index is 11.8. The molecule has 1 rings (SSSR count). The Kier molecular flexibility index (Phi) is 3.97. The minimum absolute atomic E-state index is 0.0262. The predicted octanol–water partition coefficient (Wildman–Crippen LogP) is 0.898. The molecule has 0 aliphatic carbocycles. The van der Waals surface area contributed by atoms with Gasteiger partial charge in [-0.25, -0.2) is 10.2 Å². The first kappa shape index (κ1) is 13.6. The van der Waals surface area contributed by atoms with Crippen molar-refractivity contribution in [2.75, 3.05) is 0 Å². The van der Waals surface area contributed by atoms with Crippen molar-refractivity contribution < 1.29 is 27.5 Å². The molecule has 0 radical (unpaired) electrons. The zero-order valence-corrected chi connectivity index (χ0v) is 8.75. The number of hydrazine groups is 1. The molecule has 0 heterocycles. The second-order valence-corrected chi connectivity index (χ2v) is 3.02. The number of hydrogen-bond donors (Lipinski definition) is 3. The molecule has 0 saturated heterocycles. The first-order chi connectivity index (χ1) is 8.28. The van der Waals surface area contributed by atoms with Crippen molar-refractivity contribution in [3.63, 3.8) is 0 Å². The Bertz CT molecular complexity index is 445. The number of nitrogens with two attached hydrogens (primary N) is 1. The van der Waals surface area contributed by atoms with Gasteiger partial charge < -0.3 is 10.5 Å². The molecular weight excluding hydrogens is 255 g/mol. The van der Waals surface area contributed by atoms with E-state index in [0.29, 0.717) is 0 Å². The van der Waals surface area contributed by atoms with Crippen LogP contribution >= 0.6 is 0 Å². The number of rotatable bonds is 2. The van der Waals surface area contributed by atoms with Crippen LogP contribution in [0.4, 0.5) is 18.0 Å². The molecule has 0 atom stereocenters. The fourth-order valence-corrected chi connectivity index (χ4v) is 0.999. The molecular formula is C9H8F3N3O3. The molecule has 0 unspecified atom stereocenters. The van der Waals surface area contributed by atoms with Crippen LogP contribution in [0.2, 0.25) is 0 Å². The monoisotopic (exact) mass is 263 g/mol. The molecule has 98 valence electrons. The molecule has 4 N–H and O–H groups in total. The number of urea groups is 1. The van der Waals surface area contributed by atoms with Crippen molar-refractivity contribution in [3.8, 4) is 5.75 Å². The summed E-state index contributed by atoms with van der Waals surface area (Å²) in [6.07, 6.45) is -4.79. The summed E-state index contributed by atoms with van der Waals surface area (Å²) in [7, 11) is 0. The number of amides is 3. The molecule has 0 saturated carbocycles. The molecule has 6 nitrogen and oxygen atoms in total. The number of carbonyl (C=O) groups excluding carboxylic acids is 2. The topological polar surface area (TPSA) is 93.5 Å². The van der Waals surface area contributed by atoms with Crippen LogP contribution in [0.3, 0.4) is 0 Å². The maximum absolute atomic E-state index is 11.8. The number of alkyl halides is 3. The smallest absolute Gasteiger partial charge is 0.406 e. The lowest BCUT2D eigenvalue weighted by atomic mass is 10.2. The molecule has 0 spiro atoms. The van der Waals surface area contributed by atoms with Gasteiger partial charge >= 0.3 is 12.4 Å². The highest BCUT2D eigenvalue weighted by atomic mass is 19.4. The van der Waals surface area contributed by atoms with E-state index in [9.17, 15) is 22.8 Å². The number of ether oxygens (including phenoxy) is 1. The normalized spacial score (nSPS) is 10.6. The second kappa shape index (κ2) is 5.25. The first-order valence-corrected chi connectivity index (χ1v) is 4.49. The summed E-state index contributed by atoms with van der Waals surface area (Å²) in [6.45, 7) is 0. The molecule has 1 aromatic carbocycles. The van der Waals surface area contributed by atoms with Crippen molar-refractivity contribution in [2.45, 2.75) is 6.36 Å². The van der Waals surface area contributed by atoms with Gasteiger partial charge in [-0.05, 0) is 24.3 Å². The van der Waals surface area contributed by atoms with E-state index in [-0.39, 0.29) is 5.56 Å². The van der Waals surface area contributed by atoms with Gasteiger partial charge in [0.1, 0.15) is 5.75 Å². The lowest BCUT2D eigenvalue weighted by Crippen LogP contribution is -2.44. The van der Waals surface area contributed by atoms with E-state index in [1.165, 1.54) is 0 Å². The van der Waals surface area contributed by atoms with Crippen LogP contribution in [0.15, 0.2) is 24.3 Å². The van der Waals surface area contributed by atoms with Crippen LogP contribution in [0.5, 0.6) is 5.75 Å². The Labute approximate surface area is 98.9 Å². The van der Waals surface area contributed by atoms with Gasteiger partial charge in [-0.3, -0.25) is 10.2 Å². The van der Waals surface area contributed by atoms with Gasteiger partial charge in [0, 0.05) is 5.56 Å². The molecule has 0 bridgehead atoms. The summed E-state index contributed by atoms with van der Waals surface area (Å²) in [5.74, 6) is -1.19. The number of benzene rings is 1. The van der Waals surface area contributed by atoms with Gasteiger partial charge in [-0.15, -0.1) is 13.2 Å². The summed E-state index contributed by atoms with van der Waals surface area (Å²) in [6, 6.07) is 3.15. The fraction of sp³-hybridized carbons (Fsp3) is 0.111. The molecule has 18 heavy (non-hydrogen) atoms. The highest BCUT2D eigenvalue weighted by Gasteiger charge is 2.31. The molecule has 0 aromatic heterocycles. The number of hydrogen-bond acceptors (Lipinski definition) is 3. The number of primary amides is 1. The third-order valence-corrected chi connectivity index (χ3v) is 1.65. The highest BCUT2D eigenvalue weighted by Crippen LogP contribution is 2.22. The van der Waals surface area contributed by atoms with E-state index in [1.807, 2.05) is 10.9 Å². The van der Waals surface area contributed by atoms with E-state index >= 15 is 0 Å². The van der Waals surface area contributed by atoms with Gasteiger partial charge in [-0.2, -0.15) is 0 Å². The van der Waals surface area contributed by atoms with Crippen molar-refractivity contribution in [1.29, 1.82) is 0 Å². The summed E-state index contributed by atoms with van der Waals surface area (Å²) >= 11 is 0. The van der Waals surface area contributed by atoms with Gasteiger partial charge in [-0.1, -0.05) is 0 Å². The highest BCUT2D eigenvalue weighted by molar-refractivity contribution is 5.95. The van der Waals surface area contributed by atoms with Crippen LogP contribution in [-0.4, -0.2) is 18.3 Å². The van der Waals surface area contributed by atoms with Gasteiger partial charge in [0.25, 0.3) is 5.91 Å². The van der Waals surface area contributed by atoms with E-state index in [0.717, 1.165) is 24.3 Å². The average Bonchev–Trinajstić information content (AvgIpc) is 2.24. The Balaban J connectivity index is 2.65. The number of halogens is 3. The Hall–Kier alpha value is -2.45.